The predicted octanol–water partition coefficient (Wildman–Crippen LogP) is 1.10. The van der Waals surface area contributed by atoms with Crippen molar-refractivity contribution in [3.63, 3.8) is 0 Å². The van der Waals surface area contributed by atoms with Gasteiger partial charge in [-0.2, -0.15) is 0 Å². The maximum absolute atomic E-state index is 5.02. The number of aromatic nitrogens is 1. The van der Waals surface area contributed by atoms with E-state index in [1.165, 1.54) is 31.5 Å². The molecule has 1 aromatic heterocycles. The monoisotopic (exact) mass is 290 g/mol. The Labute approximate surface area is 127 Å². The number of nitrogens with zero attached hydrogens (tertiary/aromatic N) is 3. The largest absolute Gasteiger partial charge is 0.383 e. The lowest BCUT2D eigenvalue weighted by Crippen LogP contribution is -2.47. The summed E-state index contributed by atoms with van der Waals surface area (Å²) in [5.41, 5.74) is 1.23. The normalized spacial score (nSPS) is 20.0. The van der Waals surface area contributed by atoms with Crippen molar-refractivity contribution < 1.29 is 4.74 Å². The minimum atomic E-state index is 0.747. The fraction of sp³-hybridized carbons (Fsp3) is 0.688. The molecule has 2 heterocycles. The topological polar surface area (TPSA) is 40.6 Å². The second-order valence-corrected chi connectivity index (χ2v) is 5.95. The third kappa shape index (κ3) is 4.15. The number of ether oxygens (including phenoxy) is 1. The standard InChI is InChI=1S/C16H26N4O/c1-21-11-6-17-12-14-2-5-16(18-13-14)20-9-7-19(8-10-20)15-3-4-15/h2,5,13,15,17H,3-4,6-12H2,1H3. The van der Waals surface area contributed by atoms with Crippen LogP contribution in [0.5, 0.6) is 0 Å². The Morgan fingerprint density at radius 3 is 2.67 bits per heavy atom. The summed E-state index contributed by atoms with van der Waals surface area (Å²) in [6.45, 7) is 7.06. The van der Waals surface area contributed by atoms with E-state index in [9.17, 15) is 0 Å². The Morgan fingerprint density at radius 2 is 2.05 bits per heavy atom. The van der Waals surface area contributed by atoms with Crippen molar-refractivity contribution in [2.75, 3.05) is 51.3 Å². The van der Waals surface area contributed by atoms with Gasteiger partial charge in [0.05, 0.1) is 6.61 Å². The summed E-state index contributed by atoms with van der Waals surface area (Å²) in [6, 6.07) is 5.22. The van der Waals surface area contributed by atoms with Crippen LogP contribution in [0.3, 0.4) is 0 Å². The van der Waals surface area contributed by atoms with E-state index in [1.807, 2.05) is 6.20 Å². The van der Waals surface area contributed by atoms with Gasteiger partial charge in [0.2, 0.25) is 0 Å². The summed E-state index contributed by atoms with van der Waals surface area (Å²) in [4.78, 5) is 9.66. The summed E-state index contributed by atoms with van der Waals surface area (Å²) in [6.07, 6.45) is 4.80. The third-order valence-corrected chi connectivity index (χ3v) is 4.32. The van der Waals surface area contributed by atoms with Gasteiger partial charge >= 0.3 is 0 Å². The van der Waals surface area contributed by atoms with E-state index >= 15 is 0 Å². The quantitative estimate of drug-likeness (QED) is 0.762. The zero-order valence-corrected chi connectivity index (χ0v) is 12.9. The summed E-state index contributed by atoms with van der Waals surface area (Å²) < 4.78 is 5.02. The van der Waals surface area contributed by atoms with Gasteiger partial charge in [-0.1, -0.05) is 6.07 Å². The first-order valence-corrected chi connectivity index (χ1v) is 8.00. The molecule has 0 spiro atoms. The molecule has 2 fully saturated rings. The highest BCUT2D eigenvalue weighted by Gasteiger charge is 2.31. The highest BCUT2D eigenvalue weighted by atomic mass is 16.5. The first-order valence-electron chi connectivity index (χ1n) is 8.00. The maximum Gasteiger partial charge on any atom is 0.128 e. The Kier molecular flexibility index (Phi) is 5.06. The van der Waals surface area contributed by atoms with E-state index < -0.39 is 0 Å². The molecular weight excluding hydrogens is 264 g/mol. The van der Waals surface area contributed by atoms with E-state index in [4.69, 9.17) is 4.74 Å². The van der Waals surface area contributed by atoms with Crippen molar-refractivity contribution >= 4 is 5.82 Å². The van der Waals surface area contributed by atoms with Gasteiger partial charge < -0.3 is 15.0 Å². The maximum atomic E-state index is 5.02. The molecule has 0 bridgehead atoms. The molecule has 0 aromatic carbocycles. The molecular formula is C16H26N4O. The Morgan fingerprint density at radius 1 is 1.24 bits per heavy atom. The van der Waals surface area contributed by atoms with Crippen LogP contribution in [-0.2, 0) is 11.3 Å². The van der Waals surface area contributed by atoms with Gasteiger partial charge in [0, 0.05) is 58.6 Å². The molecule has 21 heavy (non-hydrogen) atoms. The second kappa shape index (κ2) is 7.20. The summed E-state index contributed by atoms with van der Waals surface area (Å²) >= 11 is 0. The van der Waals surface area contributed by atoms with Crippen LogP contribution in [0.15, 0.2) is 18.3 Å². The van der Waals surface area contributed by atoms with Crippen LogP contribution in [0, 0.1) is 0 Å². The molecule has 1 aliphatic heterocycles. The first kappa shape index (κ1) is 14.8. The first-order chi connectivity index (χ1) is 10.4. The average Bonchev–Trinajstić information content (AvgIpc) is 3.37. The molecule has 0 unspecified atom stereocenters. The van der Waals surface area contributed by atoms with Gasteiger partial charge in [0.1, 0.15) is 5.82 Å². The van der Waals surface area contributed by atoms with E-state index in [0.29, 0.717) is 0 Å². The zero-order valence-electron chi connectivity index (χ0n) is 12.9. The van der Waals surface area contributed by atoms with Crippen LogP contribution < -0.4 is 10.2 Å². The van der Waals surface area contributed by atoms with Crippen LogP contribution >= 0.6 is 0 Å². The molecule has 1 N–H and O–H groups in total. The lowest BCUT2D eigenvalue weighted by atomic mass is 10.2. The third-order valence-electron chi connectivity index (χ3n) is 4.32. The minimum Gasteiger partial charge on any atom is -0.383 e. The Hall–Kier alpha value is -1.17. The second-order valence-electron chi connectivity index (χ2n) is 5.95. The van der Waals surface area contributed by atoms with Crippen molar-refractivity contribution in [3.8, 4) is 0 Å². The number of piperazine rings is 1. The average molecular weight is 290 g/mol. The van der Waals surface area contributed by atoms with E-state index in [-0.39, 0.29) is 0 Å². The molecule has 5 heteroatoms. The van der Waals surface area contributed by atoms with Crippen LogP contribution in [-0.4, -0.2) is 62.4 Å². The molecule has 2 aliphatic rings. The molecule has 1 aromatic rings. The smallest absolute Gasteiger partial charge is 0.128 e. The number of anilines is 1. The molecule has 0 radical (unpaired) electrons. The highest BCUT2D eigenvalue weighted by molar-refractivity contribution is 5.40. The lowest BCUT2D eigenvalue weighted by Gasteiger charge is -2.35. The molecule has 3 rings (SSSR count). The van der Waals surface area contributed by atoms with Crippen molar-refractivity contribution in [1.29, 1.82) is 0 Å². The number of hydrogen-bond donors (Lipinski definition) is 1. The van der Waals surface area contributed by atoms with Crippen LogP contribution in [0.1, 0.15) is 18.4 Å². The van der Waals surface area contributed by atoms with E-state index in [0.717, 1.165) is 44.6 Å². The summed E-state index contributed by atoms with van der Waals surface area (Å²) in [5.74, 6) is 1.12. The fourth-order valence-corrected chi connectivity index (χ4v) is 2.87. The number of rotatable bonds is 7. The predicted molar refractivity (Wildman–Crippen MR) is 84.6 cm³/mol. The molecule has 0 amide bonds. The molecule has 1 aliphatic carbocycles. The summed E-state index contributed by atoms with van der Waals surface area (Å²) in [5, 5.41) is 3.34. The zero-order chi connectivity index (χ0) is 14.5. The van der Waals surface area contributed by atoms with Crippen molar-refractivity contribution in [2.45, 2.75) is 25.4 Å². The van der Waals surface area contributed by atoms with E-state index in [2.05, 4.69) is 32.2 Å². The van der Waals surface area contributed by atoms with E-state index in [1.54, 1.807) is 7.11 Å². The Bertz CT molecular complexity index is 424. The lowest BCUT2D eigenvalue weighted by molar-refractivity contribution is 0.199. The molecule has 5 nitrogen and oxygen atoms in total. The van der Waals surface area contributed by atoms with Crippen LogP contribution in [0.25, 0.3) is 0 Å². The van der Waals surface area contributed by atoms with Crippen molar-refractivity contribution in [1.82, 2.24) is 15.2 Å². The van der Waals surface area contributed by atoms with Gasteiger partial charge in [-0.25, -0.2) is 4.98 Å². The number of methoxy groups -OCH3 is 1. The van der Waals surface area contributed by atoms with Gasteiger partial charge in [-0.05, 0) is 24.5 Å². The highest BCUT2D eigenvalue weighted by Crippen LogP contribution is 2.28. The molecule has 116 valence electrons. The van der Waals surface area contributed by atoms with Crippen LogP contribution in [0.4, 0.5) is 5.82 Å². The number of pyridine rings is 1. The molecule has 0 atom stereocenters. The van der Waals surface area contributed by atoms with Crippen molar-refractivity contribution in [2.24, 2.45) is 0 Å². The van der Waals surface area contributed by atoms with Gasteiger partial charge in [-0.3, -0.25) is 4.90 Å². The van der Waals surface area contributed by atoms with Gasteiger partial charge in [0.25, 0.3) is 0 Å². The van der Waals surface area contributed by atoms with Gasteiger partial charge in [0.15, 0.2) is 0 Å². The minimum absolute atomic E-state index is 0.747. The van der Waals surface area contributed by atoms with Crippen molar-refractivity contribution in [3.05, 3.63) is 23.9 Å². The summed E-state index contributed by atoms with van der Waals surface area (Å²) in [7, 11) is 1.72. The molecule has 1 saturated heterocycles. The number of nitrogens with one attached hydrogen (secondary N) is 1. The van der Waals surface area contributed by atoms with Gasteiger partial charge in [-0.15, -0.1) is 0 Å². The number of hydrogen-bond acceptors (Lipinski definition) is 5. The SMILES string of the molecule is COCCNCc1ccc(N2CCN(C3CC3)CC2)nc1. The van der Waals surface area contributed by atoms with Crippen LogP contribution in [0.2, 0.25) is 0 Å². The molecule has 1 saturated carbocycles. The Balaban J connectivity index is 1.45. The fourth-order valence-electron chi connectivity index (χ4n) is 2.87.